The minimum absolute atomic E-state index is 0.149. The number of hydrogen-bond donors (Lipinski definition) is 1. The van der Waals surface area contributed by atoms with Crippen LogP contribution in [0.5, 0.6) is 5.75 Å². The van der Waals surface area contributed by atoms with Gasteiger partial charge in [-0.2, -0.15) is 0 Å². The Morgan fingerprint density at radius 3 is 2.71 bits per heavy atom. The fourth-order valence-corrected chi connectivity index (χ4v) is 1.79. The quantitative estimate of drug-likeness (QED) is 0.908. The zero-order chi connectivity index (χ0) is 10.7. The van der Waals surface area contributed by atoms with Crippen LogP contribution < -0.4 is 4.74 Å². The molecule has 1 rings (SSSR count). The largest absolute Gasteiger partial charge is 0.494 e. The summed E-state index contributed by atoms with van der Waals surface area (Å²) in [6.45, 7) is 1.79. The molecule has 0 aliphatic rings. The molecule has 14 heavy (non-hydrogen) atoms. The summed E-state index contributed by atoms with van der Waals surface area (Å²) in [5.41, 5.74) is 0.256. The van der Waals surface area contributed by atoms with E-state index in [1.54, 1.807) is 13.0 Å². The van der Waals surface area contributed by atoms with Crippen molar-refractivity contribution >= 4 is 15.9 Å². The van der Waals surface area contributed by atoms with Crippen molar-refractivity contribution in [3.8, 4) is 5.75 Å². The number of ether oxygens (including phenoxy) is 1. The van der Waals surface area contributed by atoms with E-state index in [2.05, 4.69) is 15.9 Å². The highest BCUT2D eigenvalue weighted by atomic mass is 79.9. The molecule has 2 nitrogen and oxygen atoms in total. The van der Waals surface area contributed by atoms with E-state index in [-0.39, 0.29) is 11.3 Å². The molecule has 1 N–H and O–H groups in total. The maximum absolute atomic E-state index is 13.7. The molecule has 78 valence electrons. The number of benzene rings is 1. The van der Waals surface area contributed by atoms with E-state index in [0.29, 0.717) is 10.9 Å². The van der Waals surface area contributed by atoms with Gasteiger partial charge in [-0.1, -0.05) is 22.9 Å². The van der Waals surface area contributed by atoms with Gasteiger partial charge in [0.1, 0.15) is 0 Å². The zero-order valence-corrected chi connectivity index (χ0v) is 9.64. The second-order valence-corrected chi connectivity index (χ2v) is 3.76. The Hall–Kier alpha value is -0.610. The number of methoxy groups -OCH3 is 1. The minimum Gasteiger partial charge on any atom is -0.494 e. The molecule has 4 heteroatoms. The van der Waals surface area contributed by atoms with Crippen molar-refractivity contribution in [2.24, 2.45) is 0 Å². The average Bonchev–Trinajstić information content (AvgIpc) is 2.18. The minimum atomic E-state index is -0.806. The van der Waals surface area contributed by atoms with Gasteiger partial charge in [-0.3, -0.25) is 0 Å². The van der Waals surface area contributed by atoms with Gasteiger partial charge in [0.25, 0.3) is 0 Å². The highest BCUT2D eigenvalue weighted by Crippen LogP contribution is 2.33. The Morgan fingerprint density at radius 1 is 1.57 bits per heavy atom. The van der Waals surface area contributed by atoms with Crippen LogP contribution in [0.1, 0.15) is 25.0 Å². The number of aliphatic hydroxyl groups excluding tert-OH is 1. The summed E-state index contributed by atoms with van der Waals surface area (Å²) in [6, 6.07) is 3.18. The Labute approximate surface area is 90.8 Å². The van der Waals surface area contributed by atoms with Gasteiger partial charge in [-0.15, -0.1) is 0 Å². The van der Waals surface area contributed by atoms with E-state index in [9.17, 15) is 9.50 Å². The lowest BCUT2D eigenvalue weighted by molar-refractivity contribution is 0.167. The fraction of sp³-hybridized carbons (Fsp3) is 0.400. The van der Waals surface area contributed by atoms with Crippen molar-refractivity contribution in [2.45, 2.75) is 19.4 Å². The van der Waals surface area contributed by atoms with Crippen LogP contribution in [0.3, 0.4) is 0 Å². The Morgan fingerprint density at radius 2 is 2.21 bits per heavy atom. The molecule has 0 aliphatic heterocycles. The summed E-state index contributed by atoms with van der Waals surface area (Å²) in [7, 11) is 1.40. The van der Waals surface area contributed by atoms with Gasteiger partial charge in [-0.25, -0.2) is 4.39 Å². The SMILES string of the molecule is CCC(O)c1c(Br)ccc(OC)c1F. The third-order valence-corrected chi connectivity index (χ3v) is 2.72. The van der Waals surface area contributed by atoms with E-state index in [1.807, 2.05) is 0 Å². The molecular formula is C10H12BrFO2. The third-order valence-electron chi connectivity index (χ3n) is 2.03. The third kappa shape index (κ3) is 2.07. The van der Waals surface area contributed by atoms with Crippen molar-refractivity contribution in [3.63, 3.8) is 0 Å². The molecule has 0 fully saturated rings. The van der Waals surface area contributed by atoms with E-state index < -0.39 is 11.9 Å². The lowest BCUT2D eigenvalue weighted by atomic mass is 10.1. The molecule has 0 saturated heterocycles. The molecule has 0 bridgehead atoms. The van der Waals surface area contributed by atoms with Crippen LogP contribution in [0.4, 0.5) is 4.39 Å². The van der Waals surface area contributed by atoms with Crippen LogP contribution in [-0.2, 0) is 0 Å². The highest BCUT2D eigenvalue weighted by Gasteiger charge is 2.18. The van der Waals surface area contributed by atoms with Gasteiger partial charge < -0.3 is 9.84 Å². The van der Waals surface area contributed by atoms with Crippen LogP contribution in [0.2, 0.25) is 0 Å². The van der Waals surface area contributed by atoms with Crippen molar-refractivity contribution in [1.29, 1.82) is 0 Å². The topological polar surface area (TPSA) is 29.5 Å². The number of hydrogen-bond acceptors (Lipinski definition) is 2. The Kier molecular flexibility index (Phi) is 3.89. The van der Waals surface area contributed by atoms with Gasteiger partial charge in [-0.05, 0) is 18.6 Å². The number of aliphatic hydroxyl groups is 1. The molecule has 0 spiro atoms. The van der Waals surface area contributed by atoms with Crippen LogP contribution >= 0.6 is 15.9 Å². The van der Waals surface area contributed by atoms with Crippen molar-refractivity contribution in [1.82, 2.24) is 0 Å². The average molecular weight is 263 g/mol. The van der Waals surface area contributed by atoms with E-state index in [0.717, 1.165) is 0 Å². The van der Waals surface area contributed by atoms with E-state index >= 15 is 0 Å². The van der Waals surface area contributed by atoms with Gasteiger partial charge in [0.2, 0.25) is 0 Å². The first-order valence-corrected chi connectivity index (χ1v) is 5.11. The first-order chi connectivity index (χ1) is 6.61. The molecule has 0 aromatic heterocycles. The summed E-state index contributed by atoms with van der Waals surface area (Å²) < 4.78 is 19.0. The van der Waals surface area contributed by atoms with Gasteiger partial charge in [0.15, 0.2) is 11.6 Å². The standard InChI is InChI=1S/C10H12BrFO2/c1-3-7(13)9-6(11)4-5-8(14-2)10(9)12/h4-5,7,13H,3H2,1-2H3. The second kappa shape index (κ2) is 4.75. The summed E-state index contributed by atoms with van der Waals surface area (Å²) in [5.74, 6) is -0.355. The molecule has 0 amide bonds. The fourth-order valence-electron chi connectivity index (χ4n) is 1.22. The first kappa shape index (κ1) is 11.5. The summed E-state index contributed by atoms with van der Waals surface area (Å²) in [4.78, 5) is 0. The van der Waals surface area contributed by atoms with Crippen LogP contribution in [0.25, 0.3) is 0 Å². The molecular weight excluding hydrogens is 251 g/mol. The maximum atomic E-state index is 13.7. The number of halogens is 2. The molecule has 1 aromatic carbocycles. The molecule has 0 radical (unpaired) electrons. The normalized spacial score (nSPS) is 12.6. The highest BCUT2D eigenvalue weighted by molar-refractivity contribution is 9.10. The van der Waals surface area contributed by atoms with Gasteiger partial charge >= 0.3 is 0 Å². The smallest absolute Gasteiger partial charge is 0.171 e. The maximum Gasteiger partial charge on any atom is 0.171 e. The van der Waals surface area contributed by atoms with Gasteiger partial charge in [0.05, 0.1) is 13.2 Å². The molecule has 0 saturated carbocycles. The second-order valence-electron chi connectivity index (χ2n) is 2.90. The van der Waals surface area contributed by atoms with Crippen molar-refractivity contribution < 1.29 is 14.2 Å². The number of rotatable bonds is 3. The summed E-state index contributed by atoms with van der Waals surface area (Å²) in [5, 5.41) is 9.59. The predicted octanol–water partition coefficient (Wildman–Crippen LogP) is 3.04. The molecule has 0 heterocycles. The van der Waals surface area contributed by atoms with Crippen LogP contribution in [-0.4, -0.2) is 12.2 Å². The molecule has 0 aliphatic carbocycles. The Balaban J connectivity index is 3.25. The summed E-state index contributed by atoms with van der Waals surface area (Å²) >= 11 is 3.20. The predicted molar refractivity (Wildman–Crippen MR) is 55.9 cm³/mol. The van der Waals surface area contributed by atoms with Gasteiger partial charge in [0, 0.05) is 10.0 Å². The zero-order valence-electron chi connectivity index (χ0n) is 8.05. The van der Waals surface area contributed by atoms with Crippen molar-refractivity contribution in [3.05, 3.63) is 28.0 Å². The summed E-state index contributed by atoms with van der Waals surface area (Å²) in [6.07, 6.45) is -0.345. The lowest BCUT2D eigenvalue weighted by Gasteiger charge is -2.13. The van der Waals surface area contributed by atoms with Crippen molar-refractivity contribution in [2.75, 3.05) is 7.11 Å². The molecule has 1 aromatic rings. The Bertz CT molecular complexity index is 328. The monoisotopic (exact) mass is 262 g/mol. The van der Waals surface area contributed by atoms with E-state index in [1.165, 1.54) is 13.2 Å². The molecule has 1 atom stereocenters. The van der Waals surface area contributed by atoms with E-state index in [4.69, 9.17) is 4.74 Å². The lowest BCUT2D eigenvalue weighted by Crippen LogP contribution is -2.02. The first-order valence-electron chi connectivity index (χ1n) is 4.31. The molecule has 1 unspecified atom stereocenters. The van der Waals surface area contributed by atoms with Crippen LogP contribution in [0, 0.1) is 5.82 Å². The van der Waals surface area contributed by atoms with Crippen LogP contribution in [0.15, 0.2) is 16.6 Å².